The first-order chi connectivity index (χ1) is 20.8. The van der Waals surface area contributed by atoms with Crippen LogP contribution in [0.1, 0.15) is 50.2 Å². The first kappa shape index (κ1) is 31.7. The fraction of sp³-hybridized carbons (Fsp3) is 0.394. The Labute approximate surface area is 265 Å². The van der Waals surface area contributed by atoms with Gasteiger partial charge >= 0.3 is 6.09 Å². The summed E-state index contributed by atoms with van der Waals surface area (Å²) in [5.41, 5.74) is 12.1. The molecular weight excluding hydrogens is 592 g/mol. The van der Waals surface area contributed by atoms with E-state index in [0.29, 0.717) is 29.9 Å². The molecular formula is C33H41ClN6O3Si. The number of hydrogen-bond acceptors (Lipinski definition) is 7. The van der Waals surface area contributed by atoms with Crippen LogP contribution < -0.4 is 11.1 Å². The second kappa shape index (κ2) is 12.7. The van der Waals surface area contributed by atoms with Crippen molar-refractivity contribution in [2.24, 2.45) is 0 Å². The summed E-state index contributed by atoms with van der Waals surface area (Å²) in [6.07, 6.45) is 6.70. The van der Waals surface area contributed by atoms with Crippen molar-refractivity contribution < 1.29 is 14.3 Å². The van der Waals surface area contributed by atoms with E-state index in [0.717, 1.165) is 52.8 Å². The molecule has 0 bridgehead atoms. The van der Waals surface area contributed by atoms with E-state index in [1.165, 1.54) is 5.56 Å². The average Bonchev–Trinajstić information content (AvgIpc) is 3.55. The number of carbonyl (C=O) groups is 1. The quantitative estimate of drug-likeness (QED) is 0.109. The maximum absolute atomic E-state index is 12.2. The zero-order valence-electron chi connectivity index (χ0n) is 26.3. The molecule has 0 fully saturated rings. The Morgan fingerprint density at radius 3 is 2.55 bits per heavy atom. The number of halogens is 1. The molecule has 1 aromatic carbocycles. The predicted molar refractivity (Wildman–Crippen MR) is 179 cm³/mol. The number of fused-ring (bicyclic) bond motifs is 1. The molecule has 0 saturated heterocycles. The topological polar surface area (TPSA) is 117 Å². The highest BCUT2D eigenvalue weighted by atomic mass is 35.5. The zero-order chi connectivity index (χ0) is 31.6. The molecule has 232 valence electrons. The molecule has 3 heterocycles. The Hall–Kier alpha value is -3.73. The van der Waals surface area contributed by atoms with Crippen LogP contribution in [0, 0.1) is 0 Å². The van der Waals surface area contributed by atoms with Gasteiger partial charge in [-0.2, -0.15) is 0 Å². The SMILES string of the molecule is CC(C)(C)OC(=O)Nc1ccc(-c2cnc(C3CCc4cc(-c5cc(Cl)ccc5N)cnc43)n2COCC[Si](C)(C)C)cn1. The minimum absolute atomic E-state index is 0.0196. The number of rotatable bonds is 9. The van der Waals surface area contributed by atoms with E-state index in [1.54, 1.807) is 18.3 Å². The van der Waals surface area contributed by atoms with E-state index in [1.807, 2.05) is 51.4 Å². The van der Waals surface area contributed by atoms with Gasteiger partial charge in [-0.15, -0.1) is 0 Å². The number of amides is 1. The molecule has 5 rings (SSSR count). The second-order valence-electron chi connectivity index (χ2n) is 13.4. The molecule has 11 heteroatoms. The van der Waals surface area contributed by atoms with Crippen molar-refractivity contribution in [3.8, 4) is 22.4 Å². The number of benzene rings is 1. The lowest BCUT2D eigenvalue weighted by Gasteiger charge is -2.20. The summed E-state index contributed by atoms with van der Waals surface area (Å²) in [6.45, 7) is 13.5. The Bertz CT molecular complexity index is 1640. The summed E-state index contributed by atoms with van der Waals surface area (Å²) in [6, 6.07) is 12.4. The monoisotopic (exact) mass is 632 g/mol. The molecule has 3 N–H and O–H groups in total. The molecule has 1 unspecified atom stereocenters. The Kier molecular flexibility index (Phi) is 9.15. The van der Waals surface area contributed by atoms with Gasteiger partial charge < -0.3 is 19.8 Å². The normalized spacial score (nSPS) is 14.8. The minimum atomic E-state index is -1.25. The lowest BCUT2D eigenvalue weighted by atomic mass is 10.0. The number of imidazole rings is 1. The smallest absolute Gasteiger partial charge is 0.413 e. The van der Waals surface area contributed by atoms with Gasteiger partial charge in [-0.25, -0.2) is 14.8 Å². The van der Waals surface area contributed by atoms with Crippen LogP contribution in [0.25, 0.3) is 22.4 Å². The van der Waals surface area contributed by atoms with Gasteiger partial charge in [-0.3, -0.25) is 10.3 Å². The second-order valence-corrected chi connectivity index (χ2v) is 19.5. The van der Waals surface area contributed by atoms with Gasteiger partial charge in [-0.1, -0.05) is 31.2 Å². The number of carbonyl (C=O) groups excluding carboxylic acids is 1. The average molecular weight is 633 g/mol. The van der Waals surface area contributed by atoms with Crippen LogP contribution in [0.5, 0.6) is 0 Å². The third-order valence-electron chi connectivity index (χ3n) is 7.46. The summed E-state index contributed by atoms with van der Waals surface area (Å²) < 4.78 is 13.7. The number of nitrogens with one attached hydrogen (secondary N) is 1. The van der Waals surface area contributed by atoms with Crippen LogP contribution in [0.2, 0.25) is 30.7 Å². The lowest BCUT2D eigenvalue weighted by Crippen LogP contribution is -2.27. The van der Waals surface area contributed by atoms with Crippen molar-refractivity contribution in [1.82, 2.24) is 19.5 Å². The van der Waals surface area contributed by atoms with E-state index in [2.05, 4.69) is 40.6 Å². The van der Waals surface area contributed by atoms with E-state index < -0.39 is 19.8 Å². The Morgan fingerprint density at radius 2 is 1.84 bits per heavy atom. The first-order valence-corrected chi connectivity index (χ1v) is 19.0. The van der Waals surface area contributed by atoms with Crippen molar-refractivity contribution in [1.29, 1.82) is 0 Å². The molecule has 0 spiro atoms. The molecule has 0 saturated carbocycles. The van der Waals surface area contributed by atoms with E-state index in [-0.39, 0.29) is 5.92 Å². The number of nitrogens with two attached hydrogens (primary N) is 1. The lowest BCUT2D eigenvalue weighted by molar-refractivity contribution is 0.0635. The highest BCUT2D eigenvalue weighted by Gasteiger charge is 2.31. The minimum Gasteiger partial charge on any atom is -0.444 e. The number of nitrogens with zero attached hydrogens (tertiary/aromatic N) is 4. The number of hydrogen-bond donors (Lipinski definition) is 2. The summed E-state index contributed by atoms with van der Waals surface area (Å²) in [4.78, 5) is 26.5. The number of aromatic nitrogens is 4. The van der Waals surface area contributed by atoms with Gasteiger partial charge in [0.2, 0.25) is 0 Å². The number of anilines is 2. The molecule has 44 heavy (non-hydrogen) atoms. The predicted octanol–water partition coefficient (Wildman–Crippen LogP) is 7.98. The molecule has 1 atom stereocenters. The van der Waals surface area contributed by atoms with Gasteiger partial charge in [0.15, 0.2) is 0 Å². The maximum atomic E-state index is 12.2. The summed E-state index contributed by atoms with van der Waals surface area (Å²) >= 11 is 6.26. The molecule has 1 amide bonds. The third kappa shape index (κ3) is 7.67. The van der Waals surface area contributed by atoms with Gasteiger partial charge in [0.25, 0.3) is 0 Å². The van der Waals surface area contributed by atoms with Crippen LogP contribution in [0.15, 0.2) is 55.0 Å². The molecule has 4 aromatic rings. The number of nitrogen functional groups attached to an aromatic ring is 1. The van der Waals surface area contributed by atoms with Crippen molar-refractivity contribution in [3.63, 3.8) is 0 Å². The Balaban J connectivity index is 1.43. The van der Waals surface area contributed by atoms with Gasteiger partial charge in [0.05, 0.1) is 23.5 Å². The maximum Gasteiger partial charge on any atom is 0.413 e. The van der Waals surface area contributed by atoms with Crippen LogP contribution in [-0.4, -0.2) is 45.9 Å². The van der Waals surface area contributed by atoms with Crippen LogP contribution >= 0.6 is 11.6 Å². The van der Waals surface area contributed by atoms with E-state index in [4.69, 9.17) is 36.8 Å². The fourth-order valence-corrected chi connectivity index (χ4v) is 6.17. The largest absolute Gasteiger partial charge is 0.444 e. The summed E-state index contributed by atoms with van der Waals surface area (Å²) in [7, 11) is -1.25. The van der Waals surface area contributed by atoms with Crippen molar-refractivity contribution in [3.05, 3.63) is 77.1 Å². The first-order valence-electron chi connectivity index (χ1n) is 14.9. The van der Waals surface area contributed by atoms with Crippen molar-refractivity contribution >= 4 is 37.3 Å². The third-order valence-corrected chi connectivity index (χ3v) is 9.40. The molecule has 1 aliphatic carbocycles. The summed E-state index contributed by atoms with van der Waals surface area (Å²) in [5, 5.41) is 3.33. The van der Waals surface area contributed by atoms with E-state index >= 15 is 0 Å². The van der Waals surface area contributed by atoms with Gasteiger partial charge in [0, 0.05) is 54.5 Å². The molecule has 1 aliphatic rings. The van der Waals surface area contributed by atoms with Crippen molar-refractivity contribution in [2.75, 3.05) is 17.7 Å². The molecule has 0 aliphatic heterocycles. The zero-order valence-corrected chi connectivity index (χ0v) is 28.0. The van der Waals surface area contributed by atoms with Gasteiger partial charge in [-0.05, 0) is 81.6 Å². The highest BCUT2D eigenvalue weighted by Crippen LogP contribution is 2.40. The number of aryl methyl sites for hydroxylation is 1. The number of pyridine rings is 2. The van der Waals surface area contributed by atoms with E-state index in [9.17, 15) is 4.79 Å². The molecule has 3 aromatic heterocycles. The Morgan fingerprint density at radius 1 is 1.07 bits per heavy atom. The van der Waals surface area contributed by atoms with Crippen molar-refractivity contribution in [2.45, 2.75) is 77.5 Å². The highest BCUT2D eigenvalue weighted by molar-refractivity contribution is 6.76. The summed E-state index contributed by atoms with van der Waals surface area (Å²) in [5.74, 6) is 1.34. The molecule has 0 radical (unpaired) electrons. The van der Waals surface area contributed by atoms with Crippen LogP contribution in [0.4, 0.5) is 16.3 Å². The van der Waals surface area contributed by atoms with Crippen LogP contribution in [0.3, 0.4) is 0 Å². The standard InChI is InChI=1S/C33H41ClN6O3Si/c1-33(2,3)43-32(41)39-29-12-8-22(17-36-29)28-19-38-31(40(28)20-42-13-14-44(4,5)6)25-10-7-21-15-23(18-37-30(21)25)26-16-24(34)9-11-27(26)35/h8-9,11-12,15-19,25H,7,10,13-14,20,35H2,1-6H3,(H,36,39,41). The molecule has 9 nitrogen and oxygen atoms in total. The van der Waals surface area contributed by atoms with Crippen LogP contribution in [-0.2, 0) is 22.6 Å². The number of ether oxygens (including phenoxy) is 2. The fourth-order valence-electron chi connectivity index (χ4n) is 5.24. The van der Waals surface area contributed by atoms with Gasteiger partial charge in [0.1, 0.15) is 24.0 Å².